The molecular weight excluding hydrogens is 495 g/mol. The Hall–Kier alpha value is -1.12. The molecule has 1 aliphatic heterocycles. The topological polar surface area (TPSA) is 73.9 Å². The Bertz CT molecular complexity index is 855. The van der Waals surface area contributed by atoms with Crippen molar-refractivity contribution in [1.29, 1.82) is 0 Å². The van der Waals surface area contributed by atoms with Crippen LogP contribution in [0.5, 0.6) is 5.75 Å². The summed E-state index contributed by atoms with van der Waals surface area (Å²) in [7, 11) is 0. The van der Waals surface area contributed by atoms with Crippen LogP contribution in [0, 0.1) is 5.92 Å². The average molecular weight is 534 g/mol. The van der Waals surface area contributed by atoms with Gasteiger partial charge in [0.25, 0.3) is 0 Å². The minimum Gasteiger partial charge on any atom is -0.598 e. The van der Waals surface area contributed by atoms with Crippen molar-refractivity contribution in [3.63, 3.8) is 0 Å². The molecule has 192 valence electrons. The van der Waals surface area contributed by atoms with Crippen molar-refractivity contribution in [2.75, 3.05) is 19.7 Å². The van der Waals surface area contributed by atoms with Gasteiger partial charge in [-0.3, -0.25) is 0 Å². The van der Waals surface area contributed by atoms with Crippen LogP contribution >= 0.6 is 23.2 Å². The van der Waals surface area contributed by atoms with Gasteiger partial charge in [-0.1, -0.05) is 35.9 Å². The molecule has 0 aromatic heterocycles. The fraction of sp³-hybridized carbons (Fsp3) is 0.640. The van der Waals surface area contributed by atoms with Crippen LogP contribution in [0.4, 0.5) is 4.79 Å². The molecule has 9 heteroatoms. The van der Waals surface area contributed by atoms with E-state index in [1.54, 1.807) is 23.1 Å². The quantitative estimate of drug-likeness (QED) is 0.312. The summed E-state index contributed by atoms with van der Waals surface area (Å²) in [6.07, 6.45) is 3.69. The first-order chi connectivity index (χ1) is 15.7. The molecule has 1 heterocycles. The first-order valence-electron chi connectivity index (χ1n) is 11.6. The Balaban J connectivity index is 2.38. The lowest BCUT2D eigenvalue weighted by Crippen LogP contribution is -2.43. The molecule has 1 amide bonds. The highest BCUT2D eigenvalue weighted by Crippen LogP contribution is 2.41. The van der Waals surface area contributed by atoms with Crippen molar-refractivity contribution in [2.45, 2.75) is 77.2 Å². The van der Waals surface area contributed by atoms with Crippen molar-refractivity contribution >= 4 is 40.7 Å². The van der Waals surface area contributed by atoms with Gasteiger partial charge in [-0.05, 0) is 72.8 Å². The second-order valence-corrected chi connectivity index (χ2v) is 13.4. The monoisotopic (exact) mass is 532 g/mol. The maximum Gasteiger partial charge on any atom is 0.410 e. The first kappa shape index (κ1) is 29.1. The molecule has 2 unspecified atom stereocenters. The SMILES string of the molecule is C=CCOc1cc(Cl)c(Cl)cc1C(N[S@@+]([O-])C(C)(C)C)C1CCCN(C(=O)OC(C)(C)C)CC1. The lowest BCUT2D eigenvalue weighted by atomic mass is 9.87. The summed E-state index contributed by atoms with van der Waals surface area (Å²) < 4.78 is 27.6. The van der Waals surface area contributed by atoms with Crippen LogP contribution in [-0.4, -0.2) is 45.6 Å². The van der Waals surface area contributed by atoms with E-state index in [0.29, 0.717) is 41.9 Å². The van der Waals surface area contributed by atoms with Gasteiger partial charge in [0.05, 0.1) is 16.1 Å². The summed E-state index contributed by atoms with van der Waals surface area (Å²) in [5, 5.41) is 0.789. The number of benzene rings is 1. The fourth-order valence-corrected chi connectivity index (χ4v) is 4.96. The van der Waals surface area contributed by atoms with Gasteiger partial charge >= 0.3 is 6.09 Å². The Morgan fingerprint density at radius 3 is 2.47 bits per heavy atom. The number of rotatable bonds is 7. The molecule has 0 bridgehead atoms. The molecule has 1 fully saturated rings. The van der Waals surface area contributed by atoms with E-state index >= 15 is 0 Å². The molecule has 2 rings (SSSR count). The number of hydrogen-bond donors (Lipinski definition) is 1. The van der Waals surface area contributed by atoms with Gasteiger partial charge < -0.3 is 18.9 Å². The Kier molecular flexibility index (Phi) is 10.5. The molecule has 0 spiro atoms. The van der Waals surface area contributed by atoms with Crippen molar-refractivity contribution in [3.8, 4) is 5.75 Å². The van der Waals surface area contributed by atoms with Crippen LogP contribution in [0.25, 0.3) is 0 Å². The summed E-state index contributed by atoms with van der Waals surface area (Å²) in [5.74, 6) is 0.660. The number of hydrogen-bond acceptors (Lipinski definition) is 5. The minimum absolute atomic E-state index is 0.0852. The zero-order valence-corrected chi connectivity index (χ0v) is 23.4. The van der Waals surface area contributed by atoms with E-state index in [1.807, 2.05) is 41.5 Å². The van der Waals surface area contributed by atoms with Crippen molar-refractivity contribution in [2.24, 2.45) is 5.92 Å². The van der Waals surface area contributed by atoms with Crippen LogP contribution in [-0.2, 0) is 16.1 Å². The number of carbonyl (C=O) groups is 1. The largest absolute Gasteiger partial charge is 0.598 e. The minimum atomic E-state index is -1.34. The zero-order chi connectivity index (χ0) is 25.7. The van der Waals surface area contributed by atoms with Gasteiger partial charge in [0.2, 0.25) is 0 Å². The molecule has 0 radical (unpaired) electrons. The molecule has 1 aliphatic rings. The van der Waals surface area contributed by atoms with Crippen LogP contribution in [0.15, 0.2) is 24.8 Å². The molecule has 1 N–H and O–H groups in total. The van der Waals surface area contributed by atoms with E-state index in [-0.39, 0.29) is 18.1 Å². The molecular formula is C25H38Cl2N2O4S. The number of nitrogens with zero attached hydrogens (tertiary/aromatic N) is 1. The lowest BCUT2D eigenvalue weighted by molar-refractivity contribution is 0.0254. The van der Waals surface area contributed by atoms with Crippen LogP contribution in [0.1, 0.15) is 72.4 Å². The van der Waals surface area contributed by atoms with Gasteiger partial charge in [0.1, 0.15) is 22.7 Å². The molecule has 0 aliphatic carbocycles. The third-order valence-electron chi connectivity index (χ3n) is 5.43. The maximum atomic E-state index is 13.2. The van der Waals surface area contributed by atoms with Crippen LogP contribution in [0.2, 0.25) is 10.0 Å². The van der Waals surface area contributed by atoms with E-state index in [9.17, 15) is 9.35 Å². The Morgan fingerprint density at radius 2 is 1.88 bits per heavy atom. The number of amides is 1. The highest BCUT2D eigenvalue weighted by molar-refractivity contribution is 7.90. The Morgan fingerprint density at radius 1 is 1.24 bits per heavy atom. The highest BCUT2D eigenvalue weighted by Gasteiger charge is 2.37. The smallest absolute Gasteiger partial charge is 0.410 e. The standard InChI is InChI=1S/C25H38Cl2N2O4S/c1-8-14-32-21-16-20(27)19(26)15-18(21)22(28-34(31)25(5,6)7)17-10-9-12-29(13-11-17)23(30)33-24(2,3)4/h8,15-17,22,28H,1,9-14H2,2-7H3/t17?,22?,34-/m0/s1. The second-order valence-electron chi connectivity index (χ2n) is 10.5. The van der Waals surface area contributed by atoms with Crippen LogP contribution in [0.3, 0.4) is 0 Å². The summed E-state index contributed by atoms with van der Waals surface area (Å²) in [5.41, 5.74) is 0.248. The predicted molar refractivity (Wildman–Crippen MR) is 141 cm³/mol. The predicted octanol–water partition coefficient (Wildman–Crippen LogP) is 6.69. The molecule has 6 nitrogen and oxygen atoms in total. The highest BCUT2D eigenvalue weighted by atomic mass is 35.5. The van der Waals surface area contributed by atoms with Gasteiger partial charge in [-0.2, -0.15) is 0 Å². The third kappa shape index (κ3) is 8.52. The van der Waals surface area contributed by atoms with E-state index in [2.05, 4.69) is 11.3 Å². The van der Waals surface area contributed by atoms with Gasteiger partial charge in [-0.15, -0.1) is 4.72 Å². The second kappa shape index (κ2) is 12.2. The molecule has 3 atom stereocenters. The van der Waals surface area contributed by atoms with E-state index in [0.717, 1.165) is 18.4 Å². The van der Waals surface area contributed by atoms with Crippen molar-refractivity contribution in [1.82, 2.24) is 9.62 Å². The molecule has 34 heavy (non-hydrogen) atoms. The van der Waals surface area contributed by atoms with Gasteiger partial charge in [-0.25, -0.2) is 4.79 Å². The number of nitrogens with one attached hydrogen (secondary N) is 1. The lowest BCUT2D eigenvalue weighted by Gasteiger charge is -2.33. The van der Waals surface area contributed by atoms with Gasteiger partial charge in [0, 0.05) is 36.1 Å². The summed E-state index contributed by atoms with van der Waals surface area (Å²) in [4.78, 5) is 14.4. The summed E-state index contributed by atoms with van der Waals surface area (Å²) in [6.45, 7) is 16.6. The third-order valence-corrected chi connectivity index (χ3v) is 7.73. The fourth-order valence-electron chi connectivity index (χ4n) is 3.73. The average Bonchev–Trinajstić information content (AvgIpc) is 2.97. The van der Waals surface area contributed by atoms with Crippen molar-refractivity contribution in [3.05, 3.63) is 40.4 Å². The molecule has 0 saturated carbocycles. The number of ether oxygens (including phenoxy) is 2. The number of likely N-dealkylation sites (tertiary alicyclic amines) is 1. The number of carbonyl (C=O) groups excluding carboxylic acids is 1. The Labute approximate surface area is 217 Å². The van der Waals surface area contributed by atoms with Gasteiger partial charge in [0.15, 0.2) is 0 Å². The van der Waals surface area contributed by atoms with E-state index in [4.69, 9.17) is 32.7 Å². The molecule has 1 aromatic rings. The summed E-state index contributed by atoms with van der Waals surface area (Å²) >= 11 is 11.4. The molecule has 1 saturated heterocycles. The van der Waals surface area contributed by atoms with Crippen molar-refractivity contribution < 1.29 is 18.8 Å². The zero-order valence-electron chi connectivity index (χ0n) is 21.1. The van der Waals surface area contributed by atoms with E-state index in [1.165, 1.54) is 0 Å². The normalized spacial score (nSPS) is 19.2. The maximum absolute atomic E-state index is 13.2. The molecule has 1 aromatic carbocycles. The first-order valence-corrected chi connectivity index (χ1v) is 13.5. The van der Waals surface area contributed by atoms with E-state index < -0.39 is 21.7 Å². The van der Waals surface area contributed by atoms with Crippen LogP contribution < -0.4 is 9.46 Å². The number of halogens is 2. The summed E-state index contributed by atoms with van der Waals surface area (Å²) in [6, 6.07) is 3.17.